The largest absolute Gasteiger partial charge is 0.321 e. The third-order valence-corrected chi connectivity index (χ3v) is 0.632. The lowest BCUT2D eigenvalue weighted by atomic mass is 10.4. The average molecular weight is 128 g/mol. The number of hydrogen-bond acceptors (Lipinski definition) is 4. The van der Waals surface area contributed by atoms with Gasteiger partial charge in [-0.15, -0.1) is 5.11 Å². The van der Waals surface area contributed by atoms with Crippen molar-refractivity contribution in [2.45, 2.75) is 6.92 Å². The van der Waals surface area contributed by atoms with Gasteiger partial charge >= 0.3 is 0 Å². The van der Waals surface area contributed by atoms with Crippen molar-refractivity contribution < 1.29 is 4.79 Å². The summed E-state index contributed by atoms with van der Waals surface area (Å²) in [4.78, 5) is 10.4. The summed E-state index contributed by atoms with van der Waals surface area (Å²) < 4.78 is 0. The zero-order valence-electron chi connectivity index (χ0n) is 5.33. The number of carbonyl (C=O) groups excluding carboxylic acids is 1. The lowest BCUT2D eigenvalue weighted by Gasteiger charge is -1.85. The standard InChI is InChI=1S/C4H8N4O/c1-3(9)4(7-5)8-6-2/h5H2,1-2H3. The minimum absolute atomic E-state index is 0.0579. The monoisotopic (exact) mass is 128 g/mol. The van der Waals surface area contributed by atoms with E-state index in [-0.39, 0.29) is 11.6 Å². The third-order valence-electron chi connectivity index (χ3n) is 0.632. The van der Waals surface area contributed by atoms with Crippen LogP contribution >= 0.6 is 0 Å². The number of azo groups is 1. The van der Waals surface area contributed by atoms with Crippen molar-refractivity contribution in [2.24, 2.45) is 21.2 Å². The predicted molar refractivity (Wildman–Crippen MR) is 33.1 cm³/mol. The highest BCUT2D eigenvalue weighted by Crippen LogP contribution is 1.80. The van der Waals surface area contributed by atoms with Crippen molar-refractivity contribution in [3.63, 3.8) is 0 Å². The normalized spacial score (nSPS) is 12.4. The van der Waals surface area contributed by atoms with E-state index in [4.69, 9.17) is 5.84 Å². The summed E-state index contributed by atoms with van der Waals surface area (Å²) >= 11 is 0. The molecule has 0 saturated carbocycles. The van der Waals surface area contributed by atoms with Crippen LogP contribution in [0.2, 0.25) is 0 Å². The van der Waals surface area contributed by atoms with E-state index >= 15 is 0 Å². The van der Waals surface area contributed by atoms with Gasteiger partial charge in [0.2, 0.25) is 11.6 Å². The molecule has 5 nitrogen and oxygen atoms in total. The van der Waals surface area contributed by atoms with Gasteiger partial charge in [-0.25, -0.2) is 0 Å². The summed E-state index contributed by atoms with van der Waals surface area (Å²) in [5.41, 5.74) is 0. The average Bonchev–Trinajstić information content (AvgIpc) is 1.82. The molecule has 0 radical (unpaired) electrons. The summed E-state index contributed by atoms with van der Waals surface area (Å²) in [7, 11) is 1.44. The van der Waals surface area contributed by atoms with E-state index in [0.29, 0.717) is 0 Å². The fourth-order valence-electron chi connectivity index (χ4n) is 0.282. The Labute approximate surface area is 52.6 Å². The molecule has 0 heterocycles. The van der Waals surface area contributed by atoms with Crippen LogP contribution in [-0.4, -0.2) is 18.7 Å². The molecule has 0 amide bonds. The number of amidine groups is 1. The van der Waals surface area contributed by atoms with E-state index in [1.807, 2.05) is 0 Å². The lowest BCUT2D eigenvalue weighted by molar-refractivity contribution is -0.111. The number of Topliss-reactive ketones (excluding diaryl/α,β-unsaturated/α-hetero) is 1. The summed E-state index contributed by atoms with van der Waals surface area (Å²) in [5, 5.41) is 9.75. The quantitative estimate of drug-likeness (QED) is 0.176. The number of ketones is 1. The van der Waals surface area contributed by atoms with Crippen molar-refractivity contribution in [3.8, 4) is 0 Å². The molecular weight excluding hydrogens is 120 g/mol. The minimum Gasteiger partial charge on any atom is -0.321 e. The Balaban J connectivity index is 4.19. The molecule has 0 aromatic rings. The first-order valence-electron chi connectivity index (χ1n) is 2.31. The second kappa shape index (κ2) is 3.71. The summed E-state index contributed by atoms with van der Waals surface area (Å²) in [6.45, 7) is 1.32. The Morgan fingerprint density at radius 1 is 1.56 bits per heavy atom. The van der Waals surface area contributed by atoms with Crippen molar-refractivity contribution in [1.82, 2.24) is 0 Å². The van der Waals surface area contributed by atoms with Crippen LogP contribution in [-0.2, 0) is 4.79 Å². The van der Waals surface area contributed by atoms with E-state index in [0.717, 1.165) is 0 Å². The Morgan fingerprint density at radius 2 is 2.11 bits per heavy atom. The topological polar surface area (TPSA) is 80.2 Å². The Kier molecular flexibility index (Phi) is 3.19. The third kappa shape index (κ3) is 2.53. The van der Waals surface area contributed by atoms with Crippen molar-refractivity contribution in [3.05, 3.63) is 0 Å². The highest BCUT2D eigenvalue weighted by Gasteiger charge is 2.00. The lowest BCUT2D eigenvalue weighted by Crippen LogP contribution is -2.08. The minimum atomic E-state index is -0.289. The van der Waals surface area contributed by atoms with Gasteiger partial charge in [0.1, 0.15) is 0 Å². The number of hydrogen-bond donors (Lipinski definition) is 1. The summed E-state index contributed by atoms with van der Waals surface area (Å²) in [6, 6.07) is 0. The molecular formula is C4H8N4O. The fourth-order valence-corrected chi connectivity index (χ4v) is 0.282. The van der Waals surface area contributed by atoms with Gasteiger partial charge in [-0.05, 0) is 0 Å². The first-order valence-corrected chi connectivity index (χ1v) is 2.31. The highest BCUT2D eigenvalue weighted by atomic mass is 16.1. The predicted octanol–water partition coefficient (Wildman–Crippen LogP) is -0.0704. The second-order valence-electron chi connectivity index (χ2n) is 1.31. The molecule has 0 aromatic carbocycles. The van der Waals surface area contributed by atoms with Gasteiger partial charge in [0.15, 0.2) is 0 Å². The van der Waals surface area contributed by atoms with Crippen molar-refractivity contribution >= 4 is 11.6 Å². The summed E-state index contributed by atoms with van der Waals surface area (Å²) in [5.74, 6) is 4.43. The van der Waals surface area contributed by atoms with Gasteiger partial charge in [-0.2, -0.15) is 10.2 Å². The molecule has 0 aliphatic carbocycles. The molecule has 9 heavy (non-hydrogen) atoms. The van der Waals surface area contributed by atoms with Gasteiger partial charge in [0.25, 0.3) is 0 Å². The summed E-state index contributed by atoms with van der Waals surface area (Å²) in [6.07, 6.45) is 0. The second-order valence-corrected chi connectivity index (χ2v) is 1.31. The molecule has 2 N–H and O–H groups in total. The maximum absolute atomic E-state index is 10.4. The SMILES string of the molecule is CN=NC(=NN)C(C)=O. The zero-order valence-corrected chi connectivity index (χ0v) is 5.33. The number of nitrogens with two attached hydrogens (primary N) is 1. The van der Waals surface area contributed by atoms with E-state index < -0.39 is 0 Å². The molecule has 0 spiro atoms. The Morgan fingerprint density at radius 3 is 2.22 bits per heavy atom. The number of carbonyl (C=O) groups is 1. The molecule has 0 bridgehead atoms. The fraction of sp³-hybridized carbons (Fsp3) is 0.500. The molecule has 0 atom stereocenters. The van der Waals surface area contributed by atoms with Crippen LogP contribution in [0, 0.1) is 0 Å². The molecule has 0 aromatic heterocycles. The van der Waals surface area contributed by atoms with Crippen molar-refractivity contribution in [2.75, 3.05) is 7.05 Å². The first-order chi connectivity index (χ1) is 4.22. The number of nitrogens with zero attached hydrogens (tertiary/aromatic N) is 3. The van der Waals surface area contributed by atoms with E-state index in [1.54, 1.807) is 0 Å². The maximum atomic E-state index is 10.4. The molecule has 0 fully saturated rings. The smallest absolute Gasteiger partial charge is 0.235 e. The molecule has 0 aliphatic rings. The molecule has 0 unspecified atom stereocenters. The van der Waals surface area contributed by atoms with Crippen molar-refractivity contribution in [1.29, 1.82) is 0 Å². The Bertz CT molecular complexity index is 160. The first kappa shape index (κ1) is 7.74. The van der Waals surface area contributed by atoms with E-state index in [1.165, 1.54) is 14.0 Å². The number of rotatable bonds is 1. The van der Waals surface area contributed by atoms with Crippen LogP contribution < -0.4 is 5.84 Å². The van der Waals surface area contributed by atoms with E-state index in [2.05, 4.69) is 15.3 Å². The van der Waals surface area contributed by atoms with E-state index in [9.17, 15) is 4.79 Å². The Hall–Kier alpha value is -1.26. The van der Waals surface area contributed by atoms with Crippen LogP contribution in [0.5, 0.6) is 0 Å². The van der Waals surface area contributed by atoms with Gasteiger partial charge in [-0.3, -0.25) is 4.79 Å². The van der Waals surface area contributed by atoms with Crippen LogP contribution in [0.3, 0.4) is 0 Å². The molecule has 0 aliphatic heterocycles. The maximum Gasteiger partial charge on any atom is 0.235 e. The van der Waals surface area contributed by atoms with Crippen LogP contribution in [0.15, 0.2) is 15.3 Å². The zero-order chi connectivity index (χ0) is 7.28. The van der Waals surface area contributed by atoms with Crippen LogP contribution in [0.25, 0.3) is 0 Å². The van der Waals surface area contributed by atoms with Crippen LogP contribution in [0.4, 0.5) is 0 Å². The van der Waals surface area contributed by atoms with Gasteiger partial charge in [0.05, 0.1) is 0 Å². The van der Waals surface area contributed by atoms with Gasteiger partial charge < -0.3 is 5.84 Å². The molecule has 5 heteroatoms. The molecule has 0 saturated heterocycles. The molecule has 50 valence electrons. The number of hydrazone groups is 1. The van der Waals surface area contributed by atoms with Crippen LogP contribution in [0.1, 0.15) is 6.92 Å². The van der Waals surface area contributed by atoms with Gasteiger partial charge in [-0.1, -0.05) is 0 Å². The van der Waals surface area contributed by atoms with Gasteiger partial charge in [0, 0.05) is 14.0 Å². The highest BCUT2D eigenvalue weighted by molar-refractivity contribution is 6.38. The molecule has 0 rings (SSSR count).